The second-order valence-electron chi connectivity index (χ2n) is 11.9. The monoisotopic (exact) mass is 572 g/mol. The molecule has 1 saturated heterocycles. The van der Waals surface area contributed by atoms with Crippen molar-refractivity contribution in [3.05, 3.63) is 58.4 Å². The molecule has 2 fully saturated rings. The van der Waals surface area contributed by atoms with Crippen molar-refractivity contribution in [2.45, 2.75) is 95.4 Å². The highest BCUT2D eigenvalue weighted by Gasteiger charge is 2.52. The van der Waals surface area contributed by atoms with Crippen LogP contribution in [0.1, 0.15) is 83.8 Å². The molecular weight excluding hydrogens is 534 g/mol. The van der Waals surface area contributed by atoms with Crippen molar-refractivity contribution in [3.8, 4) is 0 Å². The highest BCUT2D eigenvalue weighted by atomic mass is 35.5. The lowest BCUT2D eigenvalue weighted by Gasteiger charge is -2.43. The van der Waals surface area contributed by atoms with Gasteiger partial charge in [0.25, 0.3) is 0 Å². The molecule has 0 aromatic heterocycles. The number of rotatable bonds is 9. The predicted molar refractivity (Wildman–Crippen MR) is 155 cm³/mol. The molecule has 2 atom stereocenters. The molecule has 0 radical (unpaired) electrons. The minimum atomic E-state index is -0.872. The summed E-state index contributed by atoms with van der Waals surface area (Å²) in [6, 6.07) is 9.69. The highest BCUT2D eigenvalue weighted by molar-refractivity contribution is 6.62. The third-order valence-corrected chi connectivity index (χ3v) is 9.16. The third kappa shape index (κ3) is 5.80. The maximum absolute atomic E-state index is 15.1. The first-order valence-corrected chi connectivity index (χ1v) is 14.2. The molecule has 1 aliphatic heterocycles. The molecule has 1 saturated carbocycles. The molecule has 2 aromatic carbocycles. The van der Waals surface area contributed by atoms with Gasteiger partial charge in [-0.25, -0.2) is 4.39 Å². The quantitative estimate of drug-likeness (QED) is 0.236. The summed E-state index contributed by atoms with van der Waals surface area (Å²) in [5.41, 5.74) is 0.829. The number of amides is 1. The molecule has 0 spiro atoms. The average molecular weight is 573 g/mol. The number of benzene rings is 2. The fourth-order valence-electron chi connectivity index (χ4n) is 5.80. The van der Waals surface area contributed by atoms with Crippen molar-refractivity contribution in [1.82, 2.24) is 5.32 Å². The summed E-state index contributed by atoms with van der Waals surface area (Å²) >= 11 is 6.08. The molecule has 1 aliphatic carbocycles. The number of esters is 1. The lowest BCUT2D eigenvalue weighted by atomic mass is 9.72. The lowest BCUT2D eigenvalue weighted by molar-refractivity contribution is -0.144. The Bertz CT molecular complexity index is 1230. The van der Waals surface area contributed by atoms with E-state index in [1.807, 2.05) is 45.9 Å². The topological polar surface area (TPSA) is 85.9 Å². The second kappa shape index (κ2) is 11.8. The van der Waals surface area contributed by atoms with E-state index in [4.69, 9.17) is 25.6 Å². The summed E-state index contributed by atoms with van der Waals surface area (Å²) in [6.07, 6.45) is 4.96. The summed E-state index contributed by atoms with van der Waals surface area (Å²) in [5.74, 6) is -1.65. The van der Waals surface area contributed by atoms with Crippen LogP contribution in [0.2, 0.25) is 5.02 Å². The Kier molecular flexibility index (Phi) is 9.00. The number of nitrogens with one attached hydrogen (secondary N) is 2. The second-order valence-corrected chi connectivity index (χ2v) is 12.3. The smallest absolute Gasteiger partial charge is 0.468 e. The molecule has 216 valence electrons. The Morgan fingerprint density at radius 2 is 1.75 bits per heavy atom. The Morgan fingerprint density at radius 1 is 1.10 bits per heavy atom. The number of halogens is 2. The number of carbonyl (C=O) groups excluding carboxylic acids is 2. The molecule has 2 aliphatic rings. The van der Waals surface area contributed by atoms with Crippen molar-refractivity contribution in [2.24, 2.45) is 0 Å². The Labute approximate surface area is 241 Å². The molecule has 2 aromatic rings. The van der Waals surface area contributed by atoms with E-state index >= 15 is 4.39 Å². The fourth-order valence-corrected chi connectivity index (χ4v) is 5.98. The zero-order chi connectivity index (χ0) is 29.3. The van der Waals surface area contributed by atoms with Gasteiger partial charge < -0.3 is 19.4 Å². The van der Waals surface area contributed by atoms with Crippen LogP contribution >= 0.6 is 11.6 Å². The molecule has 40 heavy (non-hydrogen) atoms. The van der Waals surface area contributed by atoms with Gasteiger partial charge in [0, 0.05) is 17.1 Å². The van der Waals surface area contributed by atoms with Gasteiger partial charge in [-0.1, -0.05) is 62.1 Å². The van der Waals surface area contributed by atoms with Crippen molar-refractivity contribution < 1.29 is 28.0 Å². The zero-order valence-electron chi connectivity index (χ0n) is 24.1. The van der Waals surface area contributed by atoms with Crippen LogP contribution in [0.3, 0.4) is 0 Å². The van der Waals surface area contributed by atoms with Crippen molar-refractivity contribution in [1.29, 1.82) is 0 Å². The van der Waals surface area contributed by atoms with Gasteiger partial charge in [-0.05, 0) is 69.3 Å². The van der Waals surface area contributed by atoms with Crippen molar-refractivity contribution >= 4 is 42.2 Å². The van der Waals surface area contributed by atoms with E-state index in [2.05, 4.69) is 10.6 Å². The van der Waals surface area contributed by atoms with Gasteiger partial charge in [0.05, 0.1) is 23.3 Å². The van der Waals surface area contributed by atoms with E-state index in [0.717, 1.165) is 30.3 Å². The first kappa shape index (κ1) is 30.5. The van der Waals surface area contributed by atoms with Crippen LogP contribution in [0.15, 0.2) is 36.4 Å². The lowest BCUT2D eigenvalue weighted by Crippen LogP contribution is -2.54. The van der Waals surface area contributed by atoms with Crippen LogP contribution in [0.25, 0.3) is 0 Å². The molecule has 2 N–H and O–H groups in total. The molecular formula is C30H39BClFN2O5. The summed E-state index contributed by atoms with van der Waals surface area (Å²) < 4.78 is 32.7. The van der Waals surface area contributed by atoms with Crippen LogP contribution in [-0.2, 0) is 29.2 Å². The maximum atomic E-state index is 15.1. The average Bonchev–Trinajstić information content (AvgIpc) is 3.15. The van der Waals surface area contributed by atoms with Crippen LogP contribution in [-0.4, -0.2) is 43.9 Å². The van der Waals surface area contributed by atoms with Gasteiger partial charge >= 0.3 is 13.1 Å². The first-order chi connectivity index (χ1) is 18.9. The molecule has 1 unspecified atom stereocenters. The number of anilines is 1. The fraction of sp³-hybridized carbons (Fsp3) is 0.533. The van der Waals surface area contributed by atoms with E-state index in [9.17, 15) is 9.59 Å². The normalized spacial score (nSPS) is 20.9. The predicted octanol–water partition coefficient (Wildman–Crippen LogP) is 5.44. The Hall–Kier alpha value is -2.46. The largest absolute Gasteiger partial charge is 0.494 e. The van der Waals surface area contributed by atoms with Crippen molar-refractivity contribution in [3.63, 3.8) is 0 Å². The SMILES string of the molecule is COC(=O)C(NC1(c2ccc(B3OC(C)(C)C(C)(C)O3)cc2NC=O)CCCCC1)[C@@H](C)c1cccc(Cl)c1F. The van der Waals surface area contributed by atoms with Gasteiger partial charge in [-0.3, -0.25) is 14.9 Å². The first-order valence-electron chi connectivity index (χ1n) is 13.9. The summed E-state index contributed by atoms with van der Waals surface area (Å²) in [6.45, 7) is 9.74. The van der Waals surface area contributed by atoms with Gasteiger partial charge in [-0.2, -0.15) is 0 Å². The number of hydrogen-bond acceptors (Lipinski definition) is 6. The van der Waals surface area contributed by atoms with E-state index in [0.29, 0.717) is 30.5 Å². The number of ether oxygens (including phenoxy) is 1. The number of hydrogen-bond donors (Lipinski definition) is 2. The van der Waals surface area contributed by atoms with Gasteiger partial charge in [0.2, 0.25) is 6.41 Å². The van der Waals surface area contributed by atoms with Crippen LogP contribution in [0.5, 0.6) is 0 Å². The van der Waals surface area contributed by atoms with Crippen molar-refractivity contribution in [2.75, 3.05) is 12.4 Å². The van der Waals surface area contributed by atoms with Crippen LogP contribution < -0.4 is 16.1 Å². The van der Waals surface area contributed by atoms with Gasteiger partial charge in [0.1, 0.15) is 11.9 Å². The number of methoxy groups -OCH3 is 1. The van der Waals surface area contributed by atoms with E-state index in [1.54, 1.807) is 19.1 Å². The maximum Gasteiger partial charge on any atom is 0.494 e. The summed E-state index contributed by atoms with van der Waals surface area (Å²) in [4.78, 5) is 25.0. The standard InChI is InChI=1S/C30H39BClFN2O5/c1-19(21-11-10-12-23(32)25(21)33)26(27(37)38-6)35-30(15-8-7-9-16-30)22-14-13-20(17-24(22)34-18-36)31-39-28(2,3)29(4,5)40-31/h10-14,17-19,26,35H,7-9,15-16H2,1-6H3,(H,34,36)/t19-,26?/m0/s1. The minimum absolute atomic E-state index is 0.00360. The molecule has 0 bridgehead atoms. The molecule has 10 heteroatoms. The zero-order valence-corrected chi connectivity index (χ0v) is 24.9. The van der Waals surface area contributed by atoms with Gasteiger partial charge in [0.15, 0.2) is 0 Å². The van der Waals surface area contributed by atoms with Crippen LogP contribution in [0.4, 0.5) is 10.1 Å². The summed E-state index contributed by atoms with van der Waals surface area (Å²) in [5, 5.41) is 6.46. The van der Waals surface area contributed by atoms with E-state index < -0.39 is 47.6 Å². The Balaban J connectivity index is 1.76. The summed E-state index contributed by atoms with van der Waals surface area (Å²) in [7, 11) is 0.722. The molecule has 1 heterocycles. The molecule has 7 nitrogen and oxygen atoms in total. The van der Waals surface area contributed by atoms with Gasteiger partial charge in [-0.15, -0.1) is 0 Å². The van der Waals surface area contributed by atoms with E-state index in [-0.39, 0.29) is 5.02 Å². The number of carbonyl (C=O) groups is 2. The molecule has 1 amide bonds. The highest BCUT2D eigenvalue weighted by Crippen LogP contribution is 2.43. The van der Waals surface area contributed by atoms with Crippen LogP contribution in [0, 0.1) is 5.82 Å². The minimum Gasteiger partial charge on any atom is -0.468 e. The molecule has 4 rings (SSSR count). The Morgan fingerprint density at radius 3 is 2.35 bits per heavy atom. The van der Waals surface area contributed by atoms with E-state index in [1.165, 1.54) is 13.2 Å². The third-order valence-electron chi connectivity index (χ3n) is 8.87.